The Morgan fingerprint density at radius 1 is 1.06 bits per heavy atom. The lowest BCUT2D eigenvalue weighted by molar-refractivity contribution is 0.0972. The number of amides is 1. The Kier molecular flexibility index (Phi) is 12.5. The van der Waals surface area contributed by atoms with Gasteiger partial charge in [-0.3, -0.25) is 15.1 Å². The molecule has 0 aliphatic carbocycles. The number of guanidine groups is 1. The molecule has 0 spiro atoms. The van der Waals surface area contributed by atoms with E-state index in [0.29, 0.717) is 6.54 Å². The van der Waals surface area contributed by atoms with Gasteiger partial charge in [-0.25, -0.2) is 9.97 Å². The van der Waals surface area contributed by atoms with Crippen molar-refractivity contribution in [3.63, 3.8) is 0 Å². The second-order valence-corrected chi connectivity index (χ2v) is 7.31. The maximum atomic E-state index is 11.7. The first-order chi connectivity index (χ1) is 15.3. The van der Waals surface area contributed by atoms with Crippen molar-refractivity contribution >= 4 is 35.1 Å². The van der Waals surface area contributed by atoms with Crippen molar-refractivity contribution in [1.82, 2.24) is 15.3 Å². The molecule has 0 unspecified atom stereocenters. The van der Waals surface area contributed by atoms with Gasteiger partial charge in [0, 0.05) is 6.54 Å². The number of benzene rings is 1. The highest BCUT2D eigenvalue weighted by molar-refractivity contribution is 6.31. The van der Waals surface area contributed by atoms with E-state index in [4.69, 9.17) is 33.5 Å². The average Bonchev–Trinajstić information content (AvgIpc) is 2.77. The number of unbranched alkanes of at least 4 members (excludes halogenated alkanes) is 1. The van der Waals surface area contributed by atoms with Gasteiger partial charge in [0.05, 0.1) is 6.61 Å². The molecule has 0 radical (unpaired) electrons. The number of nitrogen functional groups attached to an aromatic ring is 2. The molecule has 7 N–H and O–H groups in total. The van der Waals surface area contributed by atoms with Crippen molar-refractivity contribution in [3.05, 3.63) is 40.7 Å². The number of ether oxygens (including phenoxy) is 1. The van der Waals surface area contributed by atoms with Gasteiger partial charge >= 0.3 is 0 Å². The van der Waals surface area contributed by atoms with E-state index in [1.54, 1.807) is 0 Å². The van der Waals surface area contributed by atoms with Gasteiger partial charge in [-0.05, 0) is 37.0 Å². The van der Waals surface area contributed by atoms with Crippen LogP contribution in [0.5, 0.6) is 5.75 Å². The quantitative estimate of drug-likeness (QED) is 0.251. The molecule has 0 atom stereocenters. The van der Waals surface area contributed by atoms with Gasteiger partial charge in [-0.15, -0.1) is 0 Å². The molecule has 176 valence electrons. The fourth-order valence-electron chi connectivity index (χ4n) is 2.43. The summed E-state index contributed by atoms with van der Waals surface area (Å²) < 4.78 is 5.58. The van der Waals surface area contributed by atoms with Crippen LogP contribution in [0.1, 0.15) is 62.5 Å². The Labute approximate surface area is 194 Å². The standard InChI is InChI=1S/C13H20O.C9H14ClN7O/c1-3-5-11-14-13-9-7-12(6-4-2)8-10-13;1-2-3-14-9(13)17-8(18)4-6(11)16-7(12)5(10)15-4/h7-10H,3-6,11H2,1-2H3;2-3H2,1H3,(H4,11,12,16)(H3,13,14,17,18). The molecular weight excluding hydrogens is 430 g/mol. The molecule has 32 heavy (non-hydrogen) atoms. The highest BCUT2D eigenvalue weighted by Crippen LogP contribution is 2.17. The Morgan fingerprint density at radius 2 is 1.75 bits per heavy atom. The van der Waals surface area contributed by atoms with E-state index in [2.05, 4.69) is 58.4 Å². The summed E-state index contributed by atoms with van der Waals surface area (Å²) in [5.41, 5.74) is 17.6. The van der Waals surface area contributed by atoms with E-state index in [1.165, 1.54) is 18.4 Å². The summed E-state index contributed by atoms with van der Waals surface area (Å²) in [5, 5.41) is 2.23. The SMILES string of the molecule is CCCCOc1ccc(CCC)cc1.CCCN=C(N)NC(=O)c1nc(Cl)c(N)nc1N. The molecule has 1 heterocycles. The lowest BCUT2D eigenvalue weighted by Crippen LogP contribution is -2.38. The van der Waals surface area contributed by atoms with Gasteiger partial charge < -0.3 is 21.9 Å². The zero-order valence-corrected chi connectivity index (χ0v) is 19.8. The van der Waals surface area contributed by atoms with Crippen molar-refractivity contribution < 1.29 is 9.53 Å². The number of carbonyl (C=O) groups is 1. The molecule has 1 aromatic carbocycles. The molecule has 2 aromatic rings. The highest BCUT2D eigenvalue weighted by Gasteiger charge is 2.16. The predicted molar refractivity (Wildman–Crippen MR) is 131 cm³/mol. The third-order valence-electron chi connectivity index (χ3n) is 4.10. The van der Waals surface area contributed by atoms with E-state index in [1.807, 2.05) is 6.92 Å². The van der Waals surface area contributed by atoms with Crippen LogP contribution in [0.2, 0.25) is 5.15 Å². The van der Waals surface area contributed by atoms with Crippen LogP contribution < -0.4 is 27.3 Å². The number of carbonyl (C=O) groups excluding carboxylic acids is 1. The third-order valence-corrected chi connectivity index (χ3v) is 4.37. The Balaban J connectivity index is 0.000000330. The summed E-state index contributed by atoms with van der Waals surface area (Å²) in [7, 11) is 0. The van der Waals surface area contributed by atoms with E-state index >= 15 is 0 Å². The van der Waals surface area contributed by atoms with Gasteiger partial charge in [0.15, 0.2) is 28.4 Å². The van der Waals surface area contributed by atoms with E-state index < -0.39 is 5.91 Å². The minimum Gasteiger partial charge on any atom is -0.494 e. The summed E-state index contributed by atoms with van der Waals surface area (Å²) in [6.07, 6.45) is 5.50. The number of nitrogens with one attached hydrogen (secondary N) is 1. The molecule has 0 aliphatic heterocycles. The second kappa shape index (κ2) is 14.9. The lowest BCUT2D eigenvalue weighted by atomic mass is 10.1. The summed E-state index contributed by atoms with van der Waals surface area (Å²) in [5.74, 6) is 0.171. The van der Waals surface area contributed by atoms with E-state index in [-0.39, 0.29) is 28.4 Å². The smallest absolute Gasteiger partial charge is 0.280 e. The van der Waals surface area contributed by atoms with Gasteiger partial charge in [-0.1, -0.05) is 57.3 Å². The normalized spacial score (nSPS) is 10.8. The molecule has 2 rings (SSSR count). The third kappa shape index (κ3) is 9.82. The van der Waals surface area contributed by atoms with Crippen molar-refractivity contribution in [2.75, 3.05) is 24.6 Å². The fourth-order valence-corrected chi connectivity index (χ4v) is 2.56. The molecular formula is C22H34ClN7O2. The summed E-state index contributed by atoms with van der Waals surface area (Å²) >= 11 is 5.65. The molecule has 0 bridgehead atoms. The largest absolute Gasteiger partial charge is 0.494 e. The zero-order valence-electron chi connectivity index (χ0n) is 19.0. The number of hydrogen-bond donors (Lipinski definition) is 4. The van der Waals surface area contributed by atoms with Crippen molar-refractivity contribution in [3.8, 4) is 5.75 Å². The Morgan fingerprint density at radius 3 is 2.34 bits per heavy atom. The van der Waals surface area contributed by atoms with Crippen LogP contribution in [0.3, 0.4) is 0 Å². The van der Waals surface area contributed by atoms with Crippen LogP contribution in [0.15, 0.2) is 29.3 Å². The van der Waals surface area contributed by atoms with Gasteiger partial charge in [-0.2, -0.15) is 0 Å². The lowest BCUT2D eigenvalue weighted by Gasteiger charge is -2.07. The van der Waals surface area contributed by atoms with E-state index in [9.17, 15) is 4.79 Å². The summed E-state index contributed by atoms with van der Waals surface area (Å²) in [6.45, 7) is 7.65. The maximum absolute atomic E-state index is 11.7. The molecule has 0 saturated carbocycles. The topological polar surface area (TPSA) is 155 Å². The second-order valence-electron chi connectivity index (χ2n) is 6.95. The zero-order chi connectivity index (χ0) is 23.9. The van der Waals surface area contributed by atoms with Crippen molar-refractivity contribution in [2.24, 2.45) is 10.7 Å². The number of aliphatic imine (C=N–C) groups is 1. The molecule has 1 aromatic heterocycles. The van der Waals surface area contributed by atoms with Crippen LogP contribution in [0.4, 0.5) is 11.6 Å². The van der Waals surface area contributed by atoms with E-state index in [0.717, 1.165) is 31.6 Å². The average molecular weight is 464 g/mol. The first kappa shape index (κ1) is 27.0. The summed E-state index contributed by atoms with van der Waals surface area (Å²) in [6, 6.07) is 8.46. The highest BCUT2D eigenvalue weighted by atomic mass is 35.5. The van der Waals surface area contributed by atoms with Crippen LogP contribution in [0, 0.1) is 0 Å². The fraction of sp³-hybridized carbons (Fsp3) is 0.455. The van der Waals surface area contributed by atoms with Gasteiger partial charge in [0.2, 0.25) is 0 Å². The van der Waals surface area contributed by atoms with Crippen LogP contribution in [-0.4, -0.2) is 35.0 Å². The number of nitrogens with zero attached hydrogens (tertiary/aromatic N) is 3. The van der Waals surface area contributed by atoms with Crippen LogP contribution in [-0.2, 0) is 6.42 Å². The predicted octanol–water partition coefficient (Wildman–Crippen LogP) is 3.57. The molecule has 0 fully saturated rings. The van der Waals surface area contributed by atoms with Crippen molar-refractivity contribution in [1.29, 1.82) is 0 Å². The maximum Gasteiger partial charge on any atom is 0.280 e. The number of aromatic nitrogens is 2. The van der Waals surface area contributed by atoms with Crippen LogP contribution in [0.25, 0.3) is 0 Å². The Bertz CT molecular complexity index is 873. The molecule has 10 heteroatoms. The summed E-state index contributed by atoms with van der Waals surface area (Å²) in [4.78, 5) is 23.1. The number of rotatable bonds is 9. The van der Waals surface area contributed by atoms with Crippen LogP contribution >= 0.6 is 11.6 Å². The first-order valence-electron chi connectivity index (χ1n) is 10.7. The molecule has 9 nitrogen and oxygen atoms in total. The van der Waals surface area contributed by atoms with Gasteiger partial charge in [0.25, 0.3) is 5.91 Å². The molecule has 1 amide bonds. The van der Waals surface area contributed by atoms with Crippen molar-refractivity contribution in [2.45, 2.75) is 52.9 Å². The number of anilines is 2. The molecule has 0 saturated heterocycles. The molecule has 0 aliphatic rings. The monoisotopic (exact) mass is 463 g/mol. The first-order valence-corrected chi connectivity index (χ1v) is 11.1. The number of halogens is 1. The number of nitrogens with two attached hydrogens (primary N) is 3. The Hall–Kier alpha value is -3.07. The minimum absolute atomic E-state index is 0.0176. The number of aryl methyl sites for hydroxylation is 1. The number of hydrogen-bond acceptors (Lipinski definition) is 7. The minimum atomic E-state index is -0.640. The van der Waals surface area contributed by atoms with Gasteiger partial charge in [0.1, 0.15) is 5.75 Å².